The van der Waals surface area contributed by atoms with E-state index < -0.39 is 0 Å². The summed E-state index contributed by atoms with van der Waals surface area (Å²) in [5.74, 6) is 1.72. The molecule has 2 heterocycles. The van der Waals surface area contributed by atoms with Crippen LogP contribution in [-0.4, -0.2) is 29.3 Å². The molecular formula is C12H21N3O. The predicted octanol–water partition coefficient (Wildman–Crippen LogP) is 1.12. The Bertz CT molecular complexity index is 353. The van der Waals surface area contributed by atoms with E-state index in [2.05, 4.69) is 23.5 Å². The van der Waals surface area contributed by atoms with E-state index in [1.54, 1.807) is 0 Å². The average molecular weight is 223 g/mol. The maximum atomic E-state index is 5.59. The van der Waals surface area contributed by atoms with E-state index in [-0.39, 0.29) is 0 Å². The number of hydrogen-bond acceptors (Lipinski definition) is 3. The zero-order valence-corrected chi connectivity index (χ0v) is 10.2. The maximum absolute atomic E-state index is 5.59. The lowest BCUT2D eigenvalue weighted by atomic mass is 9.95. The predicted molar refractivity (Wildman–Crippen MR) is 63.5 cm³/mol. The number of ether oxygens (including phenoxy) is 1. The fourth-order valence-electron chi connectivity index (χ4n) is 2.60. The van der Waals surface area contributed by atoms with Gasteiger partial charge in [0, 0.05) is 38.3 Å². The van der Waals surface area contributed by atoms with Crippen LogP contribution in [-0.2, 0) is 18.2 Å². The van der Waals surface area contributed by atoms with Crippen molar-refractivity contribution in [2.45, 2.75) is 32.1 Å². The van der Waals surface area contributed by atoms with Crippen molar-refractivity contribution >= 4 is 0 Å². The topological polar surface area (TPSA) is 53.1 Å². The van der Waals surface area contributed by atoms with Crippen LogP contribution in [0.1, 0.15) is 36.0 Å². The van der Waals surface area contributed by atoms with Crippen molar-refractivity contribution in [1.82, 2.24) is 9.55 Å². The van der Waals surface area contributed by atoms with Gasteiger partial charge in [-0.15, -0.1) is 0 Å². The summed E-state index contributed by atoms with van der Waals surface area (Å²) in [5, 5.41) is 0. The van der Waals surface area contributed by atoms with Gasteiger partial charge in [0.05, 0.1) is 5.69 Å². The monoisotopic (exact) mass is 223 g/mol. The second-order valence-corrected chi connectivity index (χ2v) is 4.48. The summed E-state index contributed by atoms with van der Waals surface area (Å²) >= 11 is 0. The zero-order valence-electron chi connectivity index (χ0n) is 10.2. The van der Waals surface area contributed by atoms with Crippen molar-refractivity contribution in [2.24, 2.45) is 12.8 Å². The van der Waals surface area contributed by atoms with Gasteiger partial charge in [-0.1, -0.05) is 0 Å². The third kappa shape index (κ3) is 2.13. The zero-order chi connectivity index (χ0) is 11.5. The van der Waals surface area contributed by atoms with Gasteiger partial charge in [0.1, 0.15) is 5.82 Å². The van der Waals surface area contributed by atoms with Gasteiger partial charge in [-0.05, 0) is 26.3 Å². The molecule has 1 aliphatic heterocycles. The molecule has 16 heavy (non-hydrogen) atoms. The van der Waals surface area contributed by atoms with Crippen molar-refractivity contribution in [2.75, 3.05) is 19.8 Å². The fourth-order valence-corrected chi connectivity index (χ4v) is 2.60. The van der Waals surface area contributed by atoms with E-state index in [0.717, 1.165) is 44.0 Å². The first-order valence-electron chi connectivity index (χ1n) is 6.04. The molecule has 0 amide bonds. The Labute approximate surface area is 96.8 Å². The highest BCUT2D eigenvalue weighted by atomic mass is 16.5. The van der Waals surface area contributed by atoms with Crippen LogP contribution in [0.15, 0.2) is 0 Å². The molecule has 0 spiro atoms. The van der Waals surface area contributed by atoms with Crippen LogP contribution < -0.4 is 5.73 Å². The highest BCUT2D eigenvalue weighted by Gasteiger charge is 2.22. The summed E-state index contributed by atoms with van der Waals surface area (Å²) in [6.45, 7) is 4.52. The molecule has 1 saturated heterocycles. The standard InChI is InChI=1S/C12H21N3O/c1-9-12(10-4-7-16-8-5-10)15(2)11(14-9)3-6-13/h10H,3-8,13H2,1-2H3. The van der Waals surface area contributed by atoms with Crippen molar-refractivity contribution in [3.8, 4) is 0 Å². The van der Waals surface area contributed by atoms with Crippen molar-refractivity contribution in [3.05, 3.63) is 17.2 Å². The second kappa shape index (κ2) is 4.97. The van der Waals surface area contributed by atoms with Gasteiger partial charge >= 0.3 is 0 Å². The summed E-state index contributed by atoms with van der Waals surface area (Å²) in [7, 11) is 2.11. The molecule has 0 bridgehead atoms. The third-order valence-electron chi connectivity index (χ3n) is 3.39. The lowest BCUT2D eigenvalue weighted by Crippen LogP contribution is -2.18. The number of aryl methyl sites for hydroxylation is 1. The number of nitrogens with zero attached hydrogens (tertiary/aromatic N) is 2. The first-order chi connectivity index (χ1) is 7.74. The molecule has 0 saturated carbocycles. The molecule has 1 aliphatic rings. The van der Waals surface area contributed by atoms with Crippen LogP contribution in [0.5, 0.6) is 0 Å². The van der Waals surface area contributed by atoms with Gasteiger partial charge in [0.2, 0.25) is 0 Å². The Kier molecular flexibility index (Phi) is 3.61. The number of hydrogen-bond donors (Lipinski definition) is 1. The SMILES string of the molecule is Cc1nc(CCN)n(C)c1C1CCOCC1. The number of rotatable bonds is 3. The van der Waals surface area contributed by atoms with Gasteiger partial charge in [-0.2, -0.15) is 0 Å². The molecule has 1 aromatic heterocycles. The summed E-state index contributed by atoms with van der Waals surface area (Å²) in [6, 6.07) is 0. The Morgan fingerprint density at radius 2 is 2.12 bits per heavy atom. The first-order valence-corrected chi connectivity index (χ1v) is 6.04. The molecule has 2 rings (SSSR count). The van der Waals surface area contributed by atoms with Gasteiger partial charge < -0.3 is 15.0 Å². The van der Waals surface area contributed by atoms with Gasteiger partial charge in [0.15, 0.2) is 0 Å². The summed E-state index contributed by atoms with van der Waals surface area (Å²) in [5.41, 5.74) is 8.14. The van der Waals surface area contributed by atoms with E-state index in [1.807, 2.05) is 0 Å². The largest absolute Gasteiger partial charge is 0.381 e. The molecular weight excluding hydrogens is 202 g/mol. The number of nitrogens with two attached hydrogens (primary N) is 1. The summed E-state index contributed by atoms with van der Waals surface area (Å²) < 4.78 is 7.64. The van der Waals surface area contributed by atoms with E-state index in [0.29, 0.717) is 12.5 Å². The van der Waals surface area contributed by atoms with Crippen LogP contribution in [0, 0.1) is 6.92 Å². The normalized spacial score (nSPS) is 17.9. The maximum Gasteiger partial charge on any atom is 0.110 e. The van der Waals surface area contributed by atoms with E-state index in [4.69, 9.17) is 10.5 Å². The van der Waals surface area contributed by atoms with Crippen molar-refractivity contribution in [3.63, 3.8) is 0 Å². The van der Waals surface area contributed by atoms with Crippen molar-refractivity contribution in [1.29, 1.82) is 0 Å². The van der Waals surface area contributed by atoms with E-state index in [9.17, 15) is 0 Å². The Balaban J connectivity index is 2.24. The summed E-state index contributed by atoms with van der Waals surface area (Å²) in [6.07, 6.45) is 3.09. The molecule has 0 unspecified atom stereocenters. The van der Waals surface area contributed by atoms with Crippen LogP contribution >= 0.6 is 0 Å². The van der Waals surface area contributed by atoms with Gasteiger partial charge in [-0.25, -0.2) is 4.98 Å². The molecule has 2 N–H and O–H groups in total. The highest BCUT2D eigenvalue weighted by molar-refractivity contribution is 5.20. The first kappa shape index (κ1) is 11.6. The number of aromatic nitrogens is 2. The number of imidazole rings is 1. The molecule has 1 aromatic rings. The third-order valence-corrected chi connectivity index (χ3v) is 3.39. The molecule has 1 fully saturated rings. The van der Waals surface area contributed by atoms with Gasteiger partial charge in [0.25, 0.3) is 0 Å². The molecule has 0 aromatic carbocycles. The highest BCUT2D eigenvalue weighted by Crippen LogP contribution is 2.29. The van der Waals surface area contributed by atoms with Crippen molar-refractivity contribution < 1.29 is 4.74 Å². The Hall–Kier alpha value is -0.870. The lowest BCUT2D eigenvalue weighted by molar-refractivity contribution is 0.0837. The second-order valence-electron chi connectivity index (χ2n) is 4.48. The van der Waals surface area contributed by atoms with Crippen LogP contribution in [0.3, 0.4) is 0 Å². The Morgan fingerprint density at radius 1 is 1.44 bits per heavy atom. The fraction of sp³-hybridized carbons (Fsp3) is 0.750. The minimum absolute atomic E-state index is 0.609. The van der Waals surface area contributed by atoms with E-state index in [1.165, 1.54) is 5.69 Å². The van der Waals surface area contributed by atoms with Crippen LogP contribution in [0.4, 0.5) is 0 Å². The quantitative estimate of drug-likeness (QED) is 0.835. The molecule has 90 valence electrons. The Morgan fingerprint density at radius 3 is 2.75 bits per heavy atom. The summed E-state index contributed by atoms with van der Waals surface area (Å²) in [4.78, 5) is 4.62. The van der Waals surface area contributed by atoms with E-state index >= 15 is 0 Å². The molecule has 4 heteroatoms. The lowest BCUT2D eigenvalue weighted by Gasteiger charge is -2.23. The molecule has 0 aliphatic carbocycles. The minimum atomic E-state index is 0.609. The molecule has 0 atom stereocenters. The molecule has 0 radical (unpaired) electrons. The van der Waals surface area contributed by atoms with Crippen LogP contribution in [0.2, 0.25) is 0 Å². The smallest absolute Gasteiger partial charge is 0.110 e. The minimum Gasteiger partial charge on any atom is -0.381 e. The van der Waals surface area contributed by atoms with Gasteiger partial charge in [-0.3, -0.25) is 0 Å². The molecule has 4 nitrogen and oxygen atoms in total. The average Bonchev–Trinajstić information content (AvgIpc) is 2.56. The van der Waals surface area contributed by atoms with Crippen LogP contribution in [0.25, 0.3) is 0 Å².